The zero-order chi connectivity index (χ0) is 29.3. The van der Waals surface area contributed by atoms with Crippen molar-refractivity contribution < 1.29 is 33.6 Å². The second-order valence-electron chi connectivity index (χ2n) is 8.93. The zero-order valence-corrected chi connectivity index (χ0v) is 23.6. The van der Waals surface area contributed by atoms with Crippen molar-refractivity contribution in [2.24, 2.45) is 10.9 Å². The standard InChI is InChI=1S/C23H26N10O6S2/c1-3-39-29-14(17-28-23(25)41-30-17)19(34)27-15-20(35)33-16(22(36)37)11(9-40-21(15)33)7-31-6-4-5-12-18(31)26-10-32(12)13(24)8-38-2/h4-6,10,13,15,21H,3,7-9,24H2,1-2H3,(H3-,25,27,28,30,34,36,37)/b29-14+. The maximum Gasteiger partial charge on any atom is 0.349 e. The fourth-order valence-electron chi connectivity index (χ4n) is 4.55. The van der Waals surface area contributed by atoms with Gasteiger partial charge in [0.25, 0.3) is 11.8 Å². The van der Waals surface area contributed by atoms with Crippen molar-refractivity contribution in [1.29, 1.82) is 0 Å². The predicted octanol–water partition coefficient (Wildman–Crippen LogP) is -2.29. The minimum absolute atomic E-state index is 0.0483. The van der Waals surface area contributed by atoms with E-state index in [1.165, 1.54) is 11.8 Å². The highest BCUT2D eigenvalue weighted by atomic mass is 32.2. The van der Waals surface area contributed by atoms with E-state index in [1.54, 1.807) is 41.8 Å². The second kappa shape index (κ2) is 11.8. The molecule has 5 N–H and O–H groups in total. The number of nitrogens with one attached hydrogen (secondary N) is 1. The summed E-state index contributed by atoms with van der Waals surface area (Å²) in [5.74, 6) is -2.64. The van der Waals surface area contributed by atoms with Gasteiger partial charge in [-0.2, -0.15) is 9.36 Å². The highest BCUT2D eigenvalue weighted by Crippen LogP contribution is 2.40. The molecule has 216 valence electrons. The number of methoxy groups -OCH3 is 1. The molecule has 16 nitrogen and oxygen atoms in total. The van der Waals surface area contributed by atoms with Crippen LogP contribution in [0.2, 0.25) is 0 Å². The van der Waals surface area contributed by atoms with Gasteiger partial charge < -0.3 is 36.3 Å². The highest BCUT2D eigenvalue weighted by Gasteiger charge is 2.53. The fourth-order valence-corrected chi connectivity index (χ4v) is 6.32. The van der Waals surface area contributed by atoms with Crippen molar-refractivity contribution in [2.75, 3.05) is 31.8 Å². The van der Waals surface area contributed by atoms with Crippen molar-refractivity contribution in [3.8, 4) is 0 Å². The number of hydrogen-bond donors (Lipinski definition) is 3. The maximum absolute atomic E-state index is 13.2. The summed E-state index contributed by atoms with van der Waals surface area (Å²) in [4.78, 5) is 53.1. The molecule has 18 heteroatoms. The van der Waals surface area contributed by atoms with Crippen LogP contribution in [0.25, 0.3) is 11.2 Å². The lowest BCUT2D eigenvalue weighted by molar-refractivity contribution is -0.664. The molecule has 2 amide bonds. The molecule has 5 rings (SSSR count). The number of β-lactam (4-membered cyclic amide) rings is 1. The summed E-state index contributed by atoms with van der Waals surface area (Å²) < 4.78 is 12.7. The number of carbonyl (C=O) groups is 3. The number of thioether (sulfide) groups is 1. The molecule has 1 saturated heterocycles. The highest BCUT2D eigenvalue weighted by molar-refractivity contribution is 8.00. The molecule has 2 aliphatic rings. The number of amides is 2. The van der Waals surface area contributed by atoms with Crippen LogP contribution in [0.15, 0.2) is 41.1 Å². The quantitative estimate of drug-likeness (QED) is 0.0913. The Kier molecular flexibility index (Phi) is 8.15. The van der Waals surface area contributed by atoms with Crippen LogP contribution >= 0.6 is 23.3 Å². The summed E-state index contributed by atoms with van der Waals surface area (Å²) in [6.07, 6.45) is 2.89. The molecule has 2 aliphatic heterocycles. The van der Waals surface area contributed by atoms with E-state index in [9.17, 15) is 19.5 Å². The Labute approximate surface area is 241 Å². The van der Waals surface area contributed by atoms with E-state index in [-0.39, 0.29) is 47.9 Å². The Morgan fingerprint density at radius 1 is 1.41 bits per heavy atom. The third kappa shape index (κ3) is 5.33. The van der Waals surface area contributed by atoms with Crippen molar-refractivity contribution >= 4 is 63.1 Å². The number of fused-ring (bicyclic) bond motifs is 2. The monoisotopic (exact) mass is 602 g/mol. The van der Waals surface area contributed by atoms with E-state index in [1.807, 2.05) is 6.07 Å². The van der Waals surface area contributed by atoms with Crippen molar-refractivity contribution in [3.05, 3.63) is 41.8 Å². The summed E-state index contributed by atoms with van der Waals surface area (Å²) in [7, 11) is 1.55. The SMILES string of the molecule is CCO/N=C(/C(=O)NC1C(=O)N2C(C(=O)[O-])=C(C[n+]3cccc4c3ncn4C(N)COC)CSC12)c1nsc(N)n1. The molecule has 0 bridgehead atoms. The number of imidazole rings is 1. The third-order valence-corrected chi connectivity index (χ3v) is 8.22. The van der Waals surface area contributed by atoms with Gasteiger partial charge in [0.2, 0.25) is 17.9 Å². The van der Waals surface area contributed by atoms with Gasteiger partial charge in [0.15, 0.2) is 5.13 Å². The summed E-state index contributed by atoms with van der Waals surface area (Å²) >= 11 is 2.19. The Hall–Kier alpha value is -4.13. The Morgan fingerprint density at radius 2 is 2.22 bits per heavy atom. The summed E-state index contributed by atoms with van der Waals surface area (Å²) in [5.41, 5.74) is 13.1. The number of anilines is 1. The topological polar surface area (TPSA) is 220 Å². The first-order valence-electron chi connectivity index (χ1n) is 12.3. The van der Waals surface area contributed by atoms with E-state index in [0.29, 0.717) is 11.2 Å². The molecule has 5 heterocycles. The average molecular weight is 603 g/mol. The fraction of sp³-hybridized carbons (Fsp3) is 0.391. The van der Waals surface area contributed by atoms with Crippen molar-refractivity contribution in [1.82, 2.24) is 29.1 Å². The van der Waals surface area contributed by atoms with Gasteiger partial charge in [0.05, 0.1) is 24.5 Å². The number of nitrogens with two attached hydrogens (primary N) is 2. The second-order valence-corrected chi connectivity index (χ2v) is 10.8. The van der Waals surface area contributed by atoms with Gasteiger partial charge in [-0.1, -0.05) is 5.16 Å². The van der Waals surface area contributed by atoms with E-state index in [4.69, 9.17) is 21.0 Å². The van der Waals surface area contributed by atoms with Crippen LogP contribution in [0.3, 0.4) is 0 Å². The van der Waals surface area contributed by atoms with Gasteiger partial charge in [0, 0.05) is 30.0 Å². The molecule has 3 atom stereocenters. The van der Waals surface area contributed by atoms with Crippen LogP contribution in [0.5, 0.6) is 0 Å². The summed E-state index contributed by atoms with van der Waals surface area (Å²) in [5, 5.41) is 18.1. The minimum atomic E-state index is -1.50. The molecule has 1 fully saturated rings. The van der Waals surface area contributed by atoms with Crippen LogP contribution in [0.1, 0.15) is 18.9 Å². The molecule has 3 aromatic rings. The zero-order valence-electron chi connectivity index (χ0n) is 21.9. The smallest absolute Gasteiger partial charge is 0.349 e. The Morgan fingerprint density at radius 3 is 2.90 bits per heavy atom. The van der Waals surface area contributed by atoms with E-state index in [0.717, 1.165) is 21.9 Å². The number of pyridine rings is 1. The lowest BCUT2D eigenvalue weighted by Crippen LogP contribution is -2.71. The largest absolute Gasteiger partial charge is 0.543 e. The lowest BCUT2D eigenvalue weighted by Gasteiger charge is -2.50. The lowest BCUT2D eigenvalue weighted by atomic mass is 10.0. The van der Waals surface area contributed by atoms with Crippen LogP contribution in [0, 0.1) is 0 Å². The molecule has 0 aliphatic carbocycles. The van der Waals surface area contributed by atoms with Crippen LogP contribution in [0.4, 0.5) is 5.13 Å². The number of nitrogen functional groups attached to an aromatic ring is 1. The van der Waals surface area contributed by atoms with Crippen molar-refractivity contribution in [2.45, 2.75) is 31.0 Å². The van der Waals surface area contributed by atoms with Crippen LogP contribution in [-0.2, 0) is 30.5 Å². The minimum Gasteiger partial charge on any atom is -0.543 e. The number of ether oxygens (including phenoxy) is 1. The number of carboxylic acids is 1. The molecular weight excluding hydrogens is 576 g/mol. The molecule has 3 unspecified atom stereocenters. The van der Waals surface area contributed by atoms with Gasteiger partial charge >= 0.3 is 5.65 Å². The summed E-state index contributed by atoms with van der Waals surface area (Å²) in [6, 6.07) is 2.63. The first kappa shape index (κ1) is 28.4. The number of hydrogen-bond acceptors (Lipinski definition) is 14. The number of aliphatic carboxylic acids is 1. The third-order valence-electron chi connectivity index (χ3n) is 6.34. The summed E-state index contributed by atoms with van der Waals surface area (Å²) in [6.45, 7) is 2.28. The first-order chi connectivity index (χ1) is 19.7. The maximum atomic E-state index is 13.2. The normalized spacial score (nSPS) is 19.6. The van der Waals surface area contributed by atoms with Crippen LogP contribution < -0.4 is 26.5 Å². The van der Waals surface area contributed by atoms with E-state index in [2.05, 4.69) is 24.8 Å². The molecule has 0 spiro atoms. The van der Waals surface area contributed by atoms with Gasteiger partial charge in [-0.25, -0.2) is 4.57 Å². The number of nitrogens with zero attached hydrogens (tertiary/aromatic N) is 7. The molecular formula is C23H26N10O6S2. The Balaban J connectivity index is 1.37. The Bertz CT molecular complexity index is 1570. The molecule has 0 aromatic carbocycles. The molecule has 0 saturated carbocycles. The van der Waals surface area contributed by atoms with Gasteiger partial charge in [-0.3, -0.25) is 19.1 Å². The number of oxime groups is 1. The molecule has 3 aromatic heterocycles. The van der Waals surface area contributed by atoms with Gasteiger partial charge in [-0.05, 0) is 24.0 Å². The van der Waals surface area contributed by atoms with Gasteiger partial charge in [0.1, 0.15) is 36.2 Å². The van der Waals surface area contributed by atoms with E-state index >= 15 is 0 Å². The van der Waals surface area contributed by atoms with Crippen LogP contribution in [-0.4, -0.2) is 84.8 Å². The average Bonchev–Trinajstić information content (AvgIpc) is 3.58. The molecule has 41 heavy (non-hydrogen) atoms. The first-order valence-corrected chi connectivity index (χ1v) is 14.1. The molecule has 0 radical (unpaired) electrons. The van der Waals surface area contributed by atoms with Crippen molar-refractivity contribution in [3.63, 3.8) is 0 Å². The number of carbonyl (C=O) groups excluding carboxylic acids is 3. The number of carboxylic acid groups (broad SMARTS) is 1. The number of aromatic nitrogens is 5. The van der Waals surface area contributed by atoms with E-state index < -0.39 is 35.4 Å². The van der Waals surface area contributed by atoms with Gasteiger partial charge in [-0.15, -0.1) is 11.8 Å². The predicted molar refractivity (Wildman–Crippen MR) is 145 cm³/mol. The number of rotatable bonds is 11.